The van der Waals surface area contributed by atoms with Gasteiger partial charge in [-0.3, -0.25) is 9.35 Å². The third-order valence-corrected chi connectivity index (χ3v) is 13.4. The van der Waals surface area contributed by atoms with E-state index in [4.69, 9.17) is 18.9 Å². The molecule has 1 rings (SSSR count). The highest BCUT2D eigenvalue weighted by Gasteiger charge is 2.48. The van der Waals surface area contributed by atoms with E-state index < -0.39 is 59.8 Å². The van der Waals surface area contributed by atoms with Gasteiger partial charge in [-0.05, 0) is 12.8 Å². The number of carbonyl (C=O) groups excluding carboxylic acids is 1. The molecule has 13 heteroatoms. The van der Waals surface area contributed by atoms with Gasteiger partial charge in [-0.1, -0.05) is 245 Å². The summed E-state index contributed by atoms with van der Waals surface area (Å²) in [5.74, 6) is -0.390. The van der Waals surface area contributed by atoms with Gasteiger partial charge in [0.2, 0.25) is 0 Å². The Labute approximate surface area is 398 Å². The molecule has 12 nitrogen and oxygen atoms in total. The zero-order valence-corrected chi connectivity index (χ0v) is 42.6. The maximum absolute atomic E-state index is 12.9. The Morgan fingerprint density at radius 1 is 0.523 bits per heavy atom. The van der Waals surface area contributed by atoms with E-state index in [2.05, 4.69) is 18.0 Å². The first-order valence-electron chi connectivity index (χ1n) is 27.3. The zero-order chi connectivity index (χ0) is 47.5. The highest BCUT2D eigenvalue weighted by atomic mass is 32.3. The molecule has 0 radical (unpaired) electrons. The number of rotatable bonds is 49. The van der Waals surface area contributed by atoms with Crippen molar-refractivity contribution in [2.75, 3.05) is 26.4 Å². The fourth-order valence-corrected chi connectivity index (χ4v) is 9.36. The van der Waals surface area contributed by atoms with E-state index in [0.717, 1.165) is 38.5 Å². The lowest BCUT2D eigenvalue weighted by Gasteiger charge is -2.41. The largest absolute Gasteiger partial charge is 0.457 e. The second-order valence-corrected chi connectivity index (χ2v) is 20.2. The molecule has 1 fully saturated rings. The lowest BCUT2D eigenvalue weighted by atomic mass is 9.99. The number of aliphatic hydroxyl groups excluding tert-OH is 3. The van der Waals surface area contributed by atoms with Gasteiger partial charge < -0.3 is 34.3 Å². The topological polar surface area (TPSA) is 178 Å². The normalized spacial score (nSPS) is 19.5. The number of hydrogen-bond acceptors (Lipinski definition) is 11. The molecule has 0 amide bonds. The molecule has 0 aromatic rings. The summed E-state index contributed by atoms with van der Waals surface area (Å²) in [6.07, 6.45) is 39.9. The molecule has 1 heterocycles. The van der Waals surface area contributed by atoms with Crippen LogP contribution in [0.3, 0.4) is 0 Å². The Morgan fingerprint density at radius 2 is 0.877 bits per heavy atom. The van der Waals surface area contributed by atoms with Crippen LogP contribution in [-0.4, -0.2) is 97.5 Å². The second-order valence-electron chi connectivity index (χ2n) is 19.2. The van der Waals surface area contributed by atoms with Gasteiger partial charge in [-0.2, -0.15) is 8.42 Å². The van der Waals surface area contributed by atoms with Gasteiger partial charge in [-0.25, -0.2) is 4.18 Å². The van der Waals surface area contributed by atoms with E-state index in [-0.39, 0.29) is 19.6 Å². The van der Waals surface area contributed by atoms with Crippen molar-refractivity contribution in [1.82, 2.24) is 0 Å². The zero-order valence-electron chi connectivity index (χ0n) is 41.8. The predicted octanol–water partition coefficient (Wildman–Crippen LogP) is 12.8. The van der Waals surface area contributed by atoms with Crippen molar-refractivity contribution in [3.8, 4) is 0 Å². The lowest BCUT2D eigenvalue weighted by molar-refractivity contribution is -0.301. The number of hydrogen-bond donors (Lipinski definition) is 4. The molecule has 0 aliphatic carbocycles. The maximum atomic E-state index is 12.9. The third kappa shape index (κ3) is 37.6. The Balaban J connectivity index is 2.30. The Kier molecular flexibility index (Phi) is 42.4. The van der Waals surface area contributed by atoms with E-state index >= 15 is 0 Å². The van der Waals surface area contributed by atoms with Gasteiger partial charge in [-0.15, -0.1) is 0 Å². The average molecular weight is 951 g/mol. The van der Waals surface area contributed by atoms with Crippen molar-refractivity contribution in [1.29, 1.82) is 0 Å². The standard InChI is InChI=1S/C52H102O12S/c1-3-5-7-9-11-13-15-17-19-21-22-23-24-26-28-30-32-34-36-38-40-42-60-44-46(45-61-52-50(56)51(64-65(57,58)59)49(55)47(43-53)63-52)62-48(54)41-39-37-35-33-31-29-27-25-20-18-16-14-12-10-8-6-4-2/h46-47,49-53,55-56H,3-45H2,1-2H3,(H,57,58,59). The molecule has 4 N–H and O–H groups in total. The van der Waals surface area contributed by atoms with E-state index in [0.29, 0.717) is 13.0 Å². The minimum absolute atomic E-state index is 0.0454. The fourth-order valence-electron chi connectivity index (χ4n) is 8.85. The Morgan fingerprint density at radius 3 is 1.23 bits per heavy atom. The molecular weight excluding hydrogens is 849 g/mol. The van der Waals surface area contributed by atoms with Gasteiger partial charge in [0.15, 0.2) is 6.29 Å². The van der Waals surface area contributed by atoms with Crippen LogP contribution in [0.2, 0.25) is 0 Å². The third-order valence-electron chi connectivity index (χ3n) is 13.0. The molecule has 0 bridgehead atoms. The van der Waals surface area contributed by atoms with Crippen LogP contribution in [0, 0.1) is 0 Å². The molecule has 6 atom stereocenters. The van der Waals surface area contributed by atoms with Crippen LogP contribution in [0.5, 0.6) is 0 Å². The van der Waals surface area contributed by atoms with Gasteiger partial charge >= 0.3 is 16.4 Å². The summed E-state index contributed by atoms with van der Waals surface area (Å²) < 4.78 is 59.3. The van der Waals surface area contributed by atoms with Crippen molar-refractivity contribution in [2.45, 2.75) is 301 Å². The summed E-state index contributed by atoms with van der Waals surface area (Å²) in [5.41, 5.74) is 0. The van der Waals surface area contributed by atoms with Gasteiger partial charge in [0.25, 0.3) is 0 Å². The Bertz CT molecular complexity index is 1140. The molecule has 0 aromatic carbocycles. The first kappa shape index (κ1) is 62.1. The van der Waals surface area contributed by atoms with Crippen LogP contribution in [0.25, 0.3) is 0 Å². The second kappa shape index (κ2) is 44.3. The number of unbranched alkanes of at least 4 members (excludes halogenated alkanes) is 36. The summed E-state index contributed by atoms with van der Waals surface area (Å²) in [7, 11) is -5.06. The van der Waals surface area contributed by atoms with E-state index in [1.54, 1.807) is 0 Å². The van der Waals surface area contributed by atoms with Gasteiger partial charge in [0, 0.05) is 13.0 Å². The van der Waals surface area contributed by atoms with Crippen molar-refractivity contribution >= 4 is 16.4 Å². The molecular formula is C52H102O12S. The van der Waals surface area contributed by atoms with Gasteiger partial charge in [0.05, 0.1) is 19.8 Å². The van der Waals surface area contributed by atoms with Crippen molar-refractivity contribution < 1.29 is 56.2 Å². The molecule has 0 aromatic heterocycles. The summed E-state index contributed by atoms with van der Waals surface area (Å²) in [6, 6.07) is 0. The van der Waals surface area contributed by atoms with Crippen molar-refractivity contribution in [3.05, 3.63) is 0 Å². The van der Waals surface area contributed by atoms with Gasteiger partial charge in [0.1, 0.15) is 30.5 Å². The first-order chi connectivity index (χ1) is 31.6. The molecule has 1 saturated heterocycles. The first-order valence-corrected chi connectivity index (χ1v) is 28.7. The molecule has 65 heavy (non-hydrogen) atoms. The molecule has 6 unspecified atom stereocenters. The molecule has 0 saturated carbocycles. The number of ether oxygens (including phenoxy) is 4. The Hall–Kier alpha value is -0.900. The van der Waals surface area contributed by atoms with Crippen molar-refractivity contribution in [3.63, 3.8) is 0 Å². The van der Waals surface area contributed by atoms with E-state index in [1.807, 2.05) is 0 Å². The van der Waals surface area contributed by atoms with Crippen LogP contribution in [-0.2, 0) is 38.3 Å². The summed E-state index contributed by atoms with van der Waals surface area (Å²) in [6.45, 7) is 4.07. The van der Waals surface area contributed by atoms with Crippen molar-refractivity contribution in [2.24, 2.45) is 0 Å². The molecule has 388 valence electrons. The SMILES string of the molecule is CCCCCCCCCCCCCCCCCCCCCCCOCC(COC1OC(CO)C(O)C(OS(=O)(=O)O)C1O)OC(=O)CCCCCCCCCCCCCCCCCCC. The lowest BCUT2D eigenvalue weighted by Crippen LogP contribution is -2.60. The highest BCUT2D eigenvalue weighted by molar-refractivity contribution is 7.80. The summed E-state index contributed by atoms with van der Waals surface area (Å²) in [5, 5.41) is 30.8. The molecule has 1 aliphatic rings. The number of esters is 1. The quantitative estimate of drug-likeness (QED) is 0.0258. The number of carbonyl (C=O) groups is 1. The van der Waals surface area contributed by atoms with Crippen LogP contribution in [0.1, 0.15) is 264 Å². The van der Waals surface area contributed by atoms with E-state index in [1.165, 1.54) is 199 Å². The average Bonchev–Trinajstić information content (AvgIpc) is 3.28. The smallest absolute Gasteiger partial charge is 0.397 e. The highest BCUT2D eigenvalue weighted by Crippen LogP contribution is 2.26. The van der Waals surface area contributed by atoms with Crippen LogP contribution >= 0.6 is 0 Å². The molecule has 0 spiro atoms. The maximum Gasteiger partial charge on any atom is 0.397 e. The number of aliphatic hydroxyl groups is 3. The van der Waals surface area contributed by atoms with E-state index in [9.17, 15) is 33.1 Å². The monoisotopic (exact) mass is 951 g/mol. The minimum atomic E-state index is -5.06. The molecule has 1 aliphatic heterocycles. The predicted molar refractivity (Wildman–Crippen MR) is 262 cm³/mol. The summed E-state index contributed by atoms with van der Waals surface area (Å²) in [4.78, 5) is 12.9. The van der Waals surface area contributed by atoms with Crippen LogP contribution in [0.15, 0.2) is 0 Å². The summed E-state index contributed by atoms with van der Waals surface area (Å²) >= 11 is 0. The van der Waals surface area contributed by atoms with Crippen LogP contribution in [0.4, 0.5) is 0 Å². The minimum Gasteiger partial charge on any atom is -0.457 e. The van der Waals surface area contributed by atoms with Crippen LogP contribution < -0.4 is 0 Å². The fraction of sp³-hybridized carbons (Fsp3) is 0.981.